The molecule has 0 radical (unpaired) electrons. The first-order chi connectivity index (χ1) is 5.33. The van der Waals surface area contributed by atoms with Gasteiger partial charge < -0.3 is 0 Å². The Balaban J connectivity index is 2.42. The van der Waals surface area contributed by atoms with E-state index in [4.69, 9.17) is 11.6 Å². The standard InChI is InChI=1S/C10H19Cl/c1-2-6-10(9-11)7-4-3-5-8-10/h2-9H2,1H3. The van der Waals surface area contributed by atoms with Crippen molar-refractivity contribution in [2.75, 3.05) is 5.88 Å². The molecule has 66 valence electrons. The van der Waals surface area contributed by atoms with Crippen LogP contribution in [0, 0.1) is 5.41 Å². The molecule has 0 amide bonds. The van der Waals surface area contributed by atoms with Gasteiger partial charge in [-0.25, -0.2) is 0 Å². The number of hydrogen-bond acceptors (Lipinski definition) is 0. The number of hydrogen-bond donors (Lipinski definition) is 0. The van der Waals surface area contributed by atoms with Gasteiger partial charge in [0.25, 0.3) is 0 Å². The molecule has 0 unspecified atom stereocenters. The molecule has 1 heteroatoms. The molecular weight excluding hydrogens is 156 g/mol. The predicted molar refractivity (Wildman–Crippen MR) is 51.1 cm³/mol. The molecule has 0 saturated heterocycles. The van der Waals surface area contributed by atoms with E-state index >= 15 is 0 Å². The SMILES string of the molecule is CCCC1(CCl)CCCCC1. The van der Waals surface area contributed by atoms with Gasteiger partial charge in [-0.3, -0.25) is 0 Å². The van der Waals surface area contributed by atoms with E-state index in [0.717, 1.165) is 5.88 Å². The van der Waals surface area contributed by atoms with Crippen molar-refractivity contribution in [2.24, 2.45) is 5.41 Å². The second kappa shape index (κ2) is 4.35. The zero-order valence-electron chi connectivity index (χ0n) is 7.53. The summed E-state index contributed by atoms with van der Waals surface area (Å²) >= 11 is 6.02. The summed E-state index contributed by atoms with van der Waals surface area (Å²) in [5, 5.41) is 0. The van der Waals surface area contributed by atoms with Gasteiger partial charge in [-0.15, -0.1) is 11.6 Å². The van der Waals surface area contributed by atoms with Crippen molar-refractivity contribution >= 4 is 11.6 Å². The third-order valence-electron chi connectivity index (χ3n) is 2.98. The summed E-state index contributed by atoms with van der Waals surface area (Å²) < 4.78 is 0. The molecule has 1 fully saturated rings. The fraction of sp³-hybridized carbons (Fsp3) is 1.00. The van der Waals surface area contributed by atoms with Crippen LogP contribution in [0.3, 0.4) is 0 Å². The van der Waals surface area contributed by atoms with Crippen LogP contribution >= 0.6 is 11.6 Å². The molecule has 0 spiro atoms. The molecule has 0 nitrogen and oxygen atoms in total. The molecule has 1 aliphatic carbocycles. The van der Waals surface area contributed by atoms with E-state index in [9.17, 15) is 0 Å². The topological polar surface area (TPSA) is 0 Å². The van der Waals surface area contributed by atoms with Gasteiger partial charge in [0.2, 0.25) is 0 Å². The fourth-order valence-corrected chi connectivity index (χ4v) is 2.68. The van der Waals surface area contributed by atoms with Crippen molar-refractivity contribution < 1.29 is 0 Å². The summed E-state index contributed by atoms with van der Waals surface area (Å²) in [6, 6.07) is 0. The summed E-state index contributed by atoms with van der Waals surface area (Å²) in [5.74, 6) is 0.890. The molecule has 0 aromatic rings. The zero-order chi connectivity index (χ0) is 8.16. The van der Waals surface area contributed by atoms with Crippen LogP contribution in [0.4, 0.5) is 0 Å². The zero-order valence-corrected chi connectivity index (χ0v) is 8.29. The molecule has 0 N–H and O–H groups in total. The highest BCUT2D eigenvalue weighted by atomic mass is 35.5. The number of rotatable bonds is 3. The van der Waals surface area contributed by atoms with Gasteiger partial charge >= 0.3 is 0 Å². The maximum Gasteiger partial charge on any atom is 0.0279 e. The van der Waals surface area contributed by atoms with E-state index < -0.39 is 0 Å². The normalized spacial score (nSPS) is 23.5. The highest BCUT2D eigenvalue weighted by Gasteiger charge is 2.29. The highest BCUT2D eigenvalue weighted by Crippen LogP contribution is 2.40. The maximum absolute atomic E-state index is 6.02. The van der Waals surface area contributed by atoms with E-state index in [1.54, 1.807) is 0 Å². The van der Waals surface area contributed by atoms with E-state index in [1.807, 2.05) is 0 Å². The van der Waals surface area contributed by atoms with Crippen molar-refractivity contribution in [3.8, 4) is 0 Å². The van der Waals surface area contributed by atoms with Gasteiger partial charge in [0, 0.05) is 5.88 Å². The largest absolute Gasteiger partial charge is 0.126 e. The average molecular weight is 175 g/mol. The van der Waals surface area contributed by atoms with Crippen molar-refractivity contribution in [3.63, 3.8) is 0 Å². The monoisotopic (exact) mass is 174 g/mol. The molecular formula is C10H19Cl. The molecule has 11 heavy (non-hydrogen) atoms. The predicted octanol–water partition coefficient (Wildman–Crippen LogP) is 3.98. The minimum absolute atomic E-state index is 0.536. The van der Waals surface area contributed by atoms with Crippen molar-refractivity contribution in [2.45, 2.75) is 51.9 Å². The molecule has 1 saturated carbocycles. The molecule has 0 aliphatic heterocycles. The minimum Gasteiger partial charge on any atom is -0.126 e. The first-order valence-electron chi connectivity index (χ1n) is 4.89. The first-order valence-corrected chi connectivity index (χ1v) is 5.42. The smallest absolute Gasteiger partial charge is 0.0279 e. The molecule has 0 aromatic carbocycles. The fourth-order valence-electron chi connectivity index (χ4n) is 2.28. The van der Waals surface area contributed by atoms with Gasteiger partial charge in [-0.1, -0.05) is 32.6 Å². The van der Waals surface area contributed by atoms with Gasteiger partial charge in [0.1, 0.15) is 0 Å². The van der Waals surface area contributed by atoms with E-state index in [-0.39, 0.29) is 0 Å². The summed E-state index contributed by atoms with van der Waals surface area (Å²) in [4.78, 5) is 0. The van der Waals surface area contributed by atoms with Crippen LogP contribution in [0.15, 0.2) is 0 Å². The molecule has 1 rings (SSSR count). The second-order valence-electron chi connectivity index (χ2n) is 3.94. The van der Waals surface area contributed by atoms with Crippen LogP contribution < -0.4 is 0 Å². The summed E-state index contributed by atoms with van der Waals surface area (Å²) in [7, 11) is 0. The lowest BCUT2D eigenvalue weighted by atomic mass is 9.73. The molecule has 0 aromatic heterocycles. The second-order valence-corrected chi connectivity index (χ2v) is 4.21. The van der Waals surface area contributed by atoms with Gasteiger partial charge in [0.15, 0.2) is 0 Å². The Bertz CT molecular complexity index is 97.9. The third-order valence-corrected chi connectivity index (χ3v) is 3.54. The van der Waals surface area contributed by atoms with Gasteiger partial charge in [0.05, 0.1) is 0 Å². The van der Waals surface area contributed by atoms with Crippen LogP contribution in [0.25, 0.3) is 0 Å². The van der Waals surface area contributed by atoms with Crippen molar-refractivity contribution in [1.29, 1.82) is 0 Å². The molecule has 1 aliphatic rings. The van der Waals surface area contributed by atoms with Crippen LogP contribution in [-0.2, 0) is 0 Å². The lowest BCUT2D eigenvalue weighted by Crippen LogP contribution is -2.25. The number of alkyl halides is 1. The Hall–Kier alpha value is 0.290. The Labute approximate surface area is 75.3 Å². The Morgan fingerprint density at radius 1 is 1.18 bits per heavy atom. The summed E-state index contributed by atoms with van der Waals surface area (Å²) in [6.45, 7) is 2.27. The van der Waals surface area contributed by atoms with Crippen molar-refractivity contribution in [3.05, 3.63) is 0 Å². The van der Waals surface area contributed by atoms with Crippen LogP contribution in [-0.4, -0.2) is 5.88 Å². The van der Waals surface area contributed by atoms with E-state index in [0.29, 0.717) is 5.41 Å². The van der Waals surface area contributed by atoms with Crippen molar-refractivity contribution in [1.82, 2.24) is 0 Å². The lowest BCUT2D eigenvalue weighted by molar-refractivity contribution is 0.202. The quantitative estimate of drug-likeness (QED) is 0.568. The lowest BCUT2D eigenvalue weighted by Gasteiger charge is -2.35. The van der Waals surface area contributed by atoms with E-state index in [1.165, 1.54) is 44.9 Å². The average Bonchev–Trinajstić information content (AvgIpc) is 2.07. The van der Waals surface area contributed by atoms with Gasteiger partial charge in [-0.2, -0.15) is 0 Å². The van der Waals surface area contributed by atoms with E-state index in [2.05, 4.69) is 6.92 Å². The Morgan fingerprint density at radius 3 is 2.27 bits per heavy atom. The Morgan fingerprint density at radius 2 is 1.82 bits per heavy atom. The first kappa shape index (κ1) is 9.38. The minimum atomic E-state index is 0.536. The maximum atomic E-state index is 6.02. The van der Waals surface area contributed by atoms with Crippen LogP contribution in [0.5, 0.6) is 0 Å². The van der Waals surface area contributed by atoms with Crippen LogP contribution in [0.1, 0.15) is 51.9 Å². The highest BCUT2D eigenvalue weighted by molar-refractivity contribution is 6.18. The summed E-state index contributed by atoms with van der Waals surface area (Å²) in [6.07, 6.45) is 9.65. The molecule has 0 bridgehead atoms. The van der Waals surface area contributed by atoms with Crippen LogP contribution in [0.2, 0.25) is 0 Å². The molecule has 0 heterocycles. The Kier molecular flexibility index (Phi) is 3.71. The molecule has 0 atom stereocenters. The third kappa shape index (κ3) is 2.37. The number of halogens is 1. The summed E-state index contributed by atoms with van der Waals surface area (Å²) in [5.41, 5.74) is 0.536. The van der Waals surface area contributed by atoms with Gasteiger partial charge in [-0.05, 0) is 24.7 Å².